The normalized spacial score (nSPS) is 19.0. The molecule has 8 heteroatoms. The van der Waals surface area contributed by atoms with Crippen LogP contribution in [-0.2, 0) is 19.4 Å². The van der Waals surface area contributed by atoms with Crippen LogP contribution in [0.15, 0.2) is 47.4 Å². The van der Waals surface area contributed by atoms with Crippen LogP contribution in [0, 0.1) is 0 Å². The number of fused-ring (bicyclic) bond motifs is 1. The van der Waals surface area contributed by atoms with Gasteiger partial charge in [0, 0.05) is 19.7 Å². The van der Waals surface area contributed by atoms with Crippen LogP contribution in [0.25, 0.3) is 11.1 Å². The Morgan fingerprint density at radius 1 is 0.969 bits per heavy atom. The van der Waals surface area contributed by atoms with Crippen LogP contribution in [-0.4, -0.2) is 45.4 Å². The number of rotatable bonds is 3. The van der Waals surface area contributed by atoms with E-state index in [9.17, 15) is 18.0 Å². The van der Waals surface area contributed by atoms with Gasteiger partial charge >= 0.3 is 6.09 Å². The molecule has 0 radical (unpaired) electrons. The minimum absolute atomic E-state index is 0.0567. The lowest BCUT2D eigenvalue weighted by Crippen LogP contribution is -2.51. The molecule has 0 unspecified atom stereocenters. The average Bonchev–Trinajstić information content (AvgIpc) is 3.25. The van der Waals surface area contributed by atoms with Gasteiger partial charge in [-0.1, -0.05) is 18.2 Å². The number of ether oxygens (including phenoxy) is 1. The van der Waals surface area contributed by atoms with Crippen molar-refractivity contribution in [3.05, 3.63) is 42.5 Å². The highest BCUT2D eigenvalue weighted by atomic mass is 32.2. The number of carbonyl (C=O) groups is 2. The first-order valence-corrected chi connectivity index (χ1v) is 12.8. The largest absolute Gasteiger partial charge is 0.446 e. The molecule has 0 spiro atoms. The molecule has 4 rings (SSSR count). The molecule has 0 saturated heterocycles. The Balaban J connectivity index is 1.72. The zero-order valence-electron chi connectivity index (χ0n) is 18.6. The summed E-state index contributed by atoms with van der Waals surface area (Å²) in [5.41, 5.74) is 2.92. The molecular weight excluding hydrogens is 428 g/mol. The van der Waals surface area contributed by atoms with Crippen LogP contribution >= 0.6 is 0 Å². The second-order valence-corrected chi connectivity index (χ2v) is 10.7. The van der Waals surface area contributed by atoms with Crippen molar-refractivity contribution >= 4 is 33.2 Å². The minimum atomic E-state index is -3.28. The number of hydrogen-bond donors (Lipinski definition) is 0. The van der Waals surface area contributed by atoms with Gasteiger partial charge in [0.15, 0.2) is 9.84 Å². The van der Waals surface area contributed by atoms with Crippen LogP contribution in [0.5, 0.6) is 0 Å². The lowest BCUT2D eigenvalue weighted by Gasteiger charge is -2.40. The Kier molecular flexibility index (Phi) is 5.99. The van der Waals surface area contributed by atoms with Gasteiger partial charge in [-0.2, -0.15) is 0 Å². The molecule has 1 saturated carbocycles. The van der Waals surface area contributed by atoms with Crippen molar-refractivity contribution in [2.24, 2.45) is 0 Å². The van der Waals surface area contributed by atoms with Crippen molar-refractivity contribution < 1.29 is 22.7 Å². The summed E-state index contributed by atoms with van der Waals surface area (Å²) in [7, 11) is -3.28. The fourth-order valence-corrected chi connectivity index (χ4v) is 5.19. The van der Waals surface area contributed by atoms with E-state index in [1.165, 1.54) is 13.2 Å². The molecule has 170 valence electrons. The molecule has 2 aliphatic rings. The van der Waals surface area contributed by atoms with Crippen molar-refractivity contribution in [3.63, 3.8) is 0 Å². The van der Waals surface area contributed by atoms with E-state index in [4.69, 9.17) is 4.74 Å². The number of amides is 2. The molecule has 0 N–H and O–H groups in total. The van der Waals surface area contributed by atoms with Crippen molar-refractivity contribution in [3.8, 4) is 11.1 Å². The Labute approximate surface area is 188 Å². The monoisotopic (exact) mass is 456 g/mol. The maximum Gasteiger partial charge on any atom is 0.414 e. The summed E-state index contributed by atoms with van der Waals surface area (Å²) in [6, 6.07) is 12.0. The summed E-state index contributed by atoms with van der Waals surface area (Å²) >= 11 is 0. The quantitative estimate of drug-likeness (QED) is 0.684. The lowest BCUT2D eigenvalue weighted by atomic mass is 10.0. The number of anilines is 2. The van der Waals surface area contributed by atoms with E-state index in [0.29, 0.717) is 17.9 Å². The second-order valence-electron chi connectivity index (χ2n) is 8.64. The number of hydrogen-bond acceptors (Lipinski definition) is 5. The predicted molar refractivity (Wildman–Crippen MR) is 124 cm³/mol. The van der Waals surface area contributed by atoms with E-state index in [0.717, 1.165) is 36.8 Å². The smallest absolute Gasteiger partial charge is 0.414 e. The van der Waals surface area contributed by atoms with Crippen molar-refractivity contribution in [1.29, 1.82) is 0 Å². The molecule has 2 amide bonds. The summed E-state index contributed by atoms with van der Waals surface area (Å²) in [6.45, 7) is 3.78. The molecule has 1 aliphatic carbocycles. The summed E-state index contributed by atoms with van der Waals surface area (Å²) in [5, 5.41) is 0. The fourth-order valence-electron chi connectivity index (χ4n) is 4.56. The zero-order valence-corrected chi connectivity index (χ0v) is 19.4. The maximum atomic E-state index is 13.1. The molecule has 0 aromatic heterocycles. The van der Waals surface area contributed by atoms with E-state index >= 15 is 0 Å². The summed E-state index contributed by atoms with van der Waals surface area (Å²) < 4.78 is 29.3. The molecule has 0 bridgehead atoms. The third kappa shape index (κ3) is 4.37. The summed E-state index contributed by atoms with van der Waals surface area (Å²) in [5.74, 6) is -0.0900. The molecule has 7 nitrogen and oxygen atoms in total. The van der Waals surface area contributed by atoms with Gasteiger partial charge in [-0.15, -0.1) is 0 Å². The summed E-state index contributed by atoms with van der Waals surface area (Å²) in [4.78, 5) is 29.0. The SMILES string of the molecule is CC(=O)N1c2ccc(-c3ccc(S(C)(=O)=O)cc3)cc2N(C(=O)OC2CCCC2)C[C@@H]1C. The standard InChI is InChI=1S/C24H28N2O5S/c1-16-15-25(24(28)31-20-6-4-5-7-20)23-14-19(10-13-22(23)26(16)17(2)27)18-8-11-21(12-9-18)32(3,29)30/h8-14,16,20H,4-7,15H2,1-3H3/t16-/m0/s1. The number of benzene rings is 2. The maximum absolute atomic E-state index is 13.1. The van der Waals surface area contributed by atoms with E-state index < -0.39 is 15.9 Å². The van der Waals surface area contributed by atoms with Crippen LogP contribution in [0.2, 0.25) is 0 Å². The van der Waals surface area contributed by atoms with Gasteiger partial charge in [0.1, 0.15) is 6.10 Å². The second kappa shape index (κ2) is 8.58. The Morgan fingerprint density at radius 2 is 1.59 bits per heavy atom. The molecule has 1 fully saturated rings. The minimum Gasteiger partial charge on any atom is -0.446 e. The number of carbonyl (C=O) groups excluding carboxylic acids is 2. The molecular formula is C24H28N2O5S. The number of nitrogens with zero attached hydrogens (tertiary/aromatic N) is 2. The summed E-state index contributed by atoms with van der Waals surface area (Å²) in [6.07, 6.45) is 4.62. The van der Waals surface area contributed by atoms with Gasteiger partial charge < -0.3 is 9.64 Å². The third-order valence-corrected chi connectivity index (χ3v) is 7.29. The molecule has 1 atom stereocenters. The number of sulfone groups is 1. The molecule has 32 heavy (non-hydrogen) atoms. The molecule has 1 heterocycles. The van der Waals surface area contributed by atoms with Gasteiger partial charge in [-0.25, -0.2) is 13.2 Å². The first kappa shape index (κ1) is 22.3. The van der Waals surface area contributed by atoms with Gasteiger partial charge in [-0.05, 0) is 68.0 Å². The van der Waals surface area contributed by atoms with Crippen LogP contribution in [0.3, 0.4) is 0 Å². The zero-order chi connectivity index (χ0) is 23.0. The lowest BCUT2D eigenvalue weighted by molar-refractivity contribution is -0.117. The van der Waals surface area contributed by atoms with Gasteiger partial charge in [0.2, 0.25) is 5.91 Å². The third-order valence-electron chi connectivity index (χ3n) is 6.16. The van der Waals surface area contributed by atoms with Gasteiger partial charge in [0.25, 0.3) is 0 Å². The van der Waals surface area contributed by atoms with E-state index in [2.05, 4.69) is 0 Å². The van der Waals surface area contributed by atoms with E-state index in [1.807, 2.05) is 25.1 Å². The predicted octanol–water partition coefficient (Wildman–Crippen LogP) is 4.40. The fraction of sp³-hybridized carbons (Fsp3) is 0.417. The topological polar surface area (TPSA) is 84.0 Å². The Morgan fingerprint density at radius 3 is 2.19 bits per heavy atom. The Hall–Kier alpha value is -2.87. The highest BCUT2D eigenvalue weighted by molar-refractivity contribution is 7.90. The first-order valence-electron chi connectivity index (χ1n) is 10.9. The van der Waals surface area contributed by atoms with Crippen molar-refractivity contribution in [2.75, 3.05) is 22.6 Å². The molecule has 2 aromatic rings. The van der Waals surface area contributed by atoms with Crippen molar-refractivity contribution in [1.82, 2.24) is 0 Å². The van der Waals surface area contributed by atoms with Crippen LogP contribution in [0.4, 0.5) is 16.2 Å². The molecule has 2 aromatic carbocycles. The van der Waals surface area contributed by atoms with Crippen LogP contribution in [0.1, 0.15) is 39.5 Å². The van der Waals surface area contributed by atoms with Gasteiger partial charge in [-0.3, -0.25) is 9.69 Å². The average molecular weight is 457 g/mol. The Bertz CT molecular complexity index is 1140. The first-order chi connectivity index (χ1) is 15.1. The van der Waals surface area contributed by atoms with Gasteiger partial charge in [0.05, 0.1) is 22.3 Å². The van der Waals surface area contributed by atoms with Crippen molar-refractivity contribution in [2.45, 2.75) is 56.6 Å². The highest BCUT2D eigenvalue weighted by Gasteiger charge is 2.35. The van der Waals surface area contributed by atoms with E-state index in [1.54, 1.807) is 34.1 Å². The van der Waals surface area contributed by atoms with Crippen LogP contribution < -0.4 is 9.80 Å². The van der Waals surface area contributed by atoms with E-state index in [-0.39, 0.29) is 22.9 Å². The molecule has 1 aliphatic heterocycles. The highest BCUT2D eigenvalue weighted by Crippen LogP contribution is 2.39.